The molecule has 1 atom stereocenters. The molecule has 25 heavy (non-hydrogen) atoms. The van der Waals surface area contributed by atoms with Gasteiger partial charge < -0.3 is 10.1 Å². The van der Waals surface area contributed by atoms with Crippen molar-refractivity contribution in [1.82, 2.24) is 4.90 Å². The molecule has 2 fully saturated rings. The normalized spacial score (nSPS) is 20.9. The van der Waals surface area contributed by atoms with Crippen LogP contribution in [0.2, 0.25) is 0 Å². The molecule has 2 saturated heterocycles. The molecule has 2 aliphatic rings. The van der Waals surface area contributed by atoms with Crippen molar-refractivity contribution in [2.75, 3.05) is 5.32 Å². The molecule has 2 aromatic carbocycles. The molecule has 6 heteroatoms. The van der Waals surface area contributed by atoms with Crippen LogP contribution in [0.3, 0.4) is 0 Å². The van der Waals surface area contributed by atoms with Gasteiger partial charge in [0.1, 0.15) is 11.5 Å². The molecule has 2 amide bonds. The summed E-state index contributed by atoms with van der Waals surface area (Å²) in [5.74, 6) is 1.24. The summed E-state index contributed by atoms with van der Waals surface area (Å²) < 4.78 is 5.74. The highest BCUT2D eigenvalue weighted by atomic mass is 32.2. The van der Waals surface area contributed by atoms with Gasteiger partial charge in [0.15, 0.2) is 0 Å². The van der Waals surface area contributed by atoms with E-state index >= 15 is 0 Å². The van der Waals surface area contributed by atoms with Crippen LogP contribution in [0.4, 0.5) is 5.69 Å². The first-order chi connectivity index (χ1) is 12.2. The number of carbonyl (C=O) groups is 2. The molecule has 1 N–H and O–H groups in total. The van der Waals surface area contributed by atoms with Crippen LogP contribution < -0.4 is 10.1 Å². The molecule has 2 aromatic rings. The number of carbonyl (C=O) groups excluding carboxylic acids is 2. The number of ether oxygens (including phenoxy) is 1. The largest absolute Gasteiger partial charge is 0.457 e. The van der Waals surface area contributed by atoms with Gasteiger partial charge >= 0.3 is 0 Å². The van der Waals surface area contributed by atoms with Gasteiger partial charge in [-0.1, -0.05) is 30.0 Å². The Morgan fingerprint density at radius 3 is 2.48 bits per heavy atom. The maximum Gasteiger partial charge on any atom is 0.269 e. The molecule has 2 aliphatic heterocycles. The minimum Gasteiger partial charge on any atom is -0.457 e. The highest BCUT2D eigenvalue weighted by Gasteiger charge is 2.44. The standard InChI is InChI=1S/C19H16N2O3S/c22-17-10-11-18-21(17)19(23)16(25-18)12-20-13-6-8-15(9-7-13)24-14-4-2-1-3-5-14/h1-9,12,18,20H,10-11H2/b16-12+/t18-/m1/s1. The van der Waals surface area contributed by atoms with Crippen LogP contribution in [0.1, 0.15) is 12.8 Å². The van der Waals surface area contributed by atoms with Crippen LogP contribution in [-0.2, 0) is 9.59 Å². The number of para-hydroxylation sites is 1. The topological polar surface area (TPSA) is 58.6 Å². The van der Waals surface area contributed by atoms with Crippen molar-refractivity contribution >= 4 is 29.3 Å². The third-order valence-corrected chi connectivity index (χ3v) is 5.32. The Morgan fingerprint density at radius 1 is 1.04 bits per heavy atom. The molecule has 0 aromatic heterocycles. The third kappa shape index (κ3) is 3.25. The minimum atomic E-state index is -0.200. The number of amides is 2. The lowest BCUT2D eigenvalue weighted by Gasteiger charge is -2.09. The maximum absolute atomic E-state index is 12.2. The van der Waals surface area contributed by atoms with Crippen LogP contribution in [-0.4, -0.2) is 22.1 Å². The molecule has 2 heterocycles. The summed E-state index contributed by atoms with van der Waals surface area (Å²) in [6.45, 7) is 0. The second-order valence-corrected chi connectivity index (χ2v) is 6.99. The molecule has 126 valence electrons. The van der Waals surface area contributed by atoms with E-state index in [1.807, 2.05) is 54.6 Å². The van der Waals surface area contributed by atoms with E-state index in [0.717, 1.165) is 23.6 Å². The summed E-state index contributed by atoms with van der Waals surface area (Å²) in [5, 5.41) is 3.08. The summed E-state index contributed by atoms with van der Waals surface area (Å²) in [7, 11) is 0. The summed E-state index contributed by atoms with van der Waals surface area (Å²) in [5.41, 5.74) is 0.847. The number of anilines is 1. The predicted octanol–water partition coefficient (Wildman–Crippen LogP) is 3.95. The van der Waals surface area contributed by atoms with Gasteiger partial charge in [0.05, 0.1) is 10.3 Å². The molecule has 0 bridgehead atoms. The molecule has 0 unspecified atom stereocenters. The van der Waals surface area contributed by atoms with Crippen LogP contribution in [0, 0.1) is 0 Å². The number of fused-ring (bicyclic) bond motifs is 1. The average Bonchev–Trinajstić information content (AvgIpc) is 3.15. The Kier molecular flexibility index (Phi) is 4.19. The Hall–Kier alpha value is -2.73. The second kappa shape index (κ2) is 6.64. The van der Waals surface area contributed by atoms with Crippen molar-refractivity contribution in [3.63, 3.8) is 0 Å². The van der Waals surface area contributed by atoms with Crippen LogP contribution >= 0.6 is 11.8 Å². The molecular formula is C19H16N2O3S. The summed E-state index contributed by atoms with van der Waals surface area (Å²) in [6, 6.07) is 17.1. The van der Waals surface area contributed by atoms with Gasteiger partial charge in [-0.15, -0.1) is 0 Å². The number of rotatable bonds is 4. The Balaban J connectivity index is 1.40. The highest BCUT2D eigenvalue weighted by Crippen LogP contribution is 2.41. The zero-order valence-corrected chi connectivity index (χ0v) is 14.2. The van der Waals surface area contributed by atoms with E-state index in [1.165, 1.54) is 16.7 Å². The van der Waals surface area contributed by atoms with E-state index in [1.54, 1.807) is 6.20 Å². The molecule has 0 aliphatic carbocycles. The summed E-state index contributed by atoms with van der Waals surface area (Å²) >= 11 is 1.45. The van der Waals surface area contributed by atoms with Crippen LogP contribution in [0.25, 0.3) is 0 Å². The van der Waals surface area contributed by atoms with Crippen LogP contribution in [0.15, 0.2) is 65.7 Å². The van der Waals surface area contributed by atoms with E-state index in [-0.39, 0.29) is 17.2 Å². The Labute approximate surface area is 149 Å². The number of hydrogen-bond donors (Lipinski definition) is 1. The number of benzene rings is 2. The van der Waals surface area contributed by atoms with Gasteiger partial charge in [-0.25, -0.2) is 0 Å². The minimum absolute atomic E-state index is 0.0327. The lowest BCUT2D eigenvalue weighted by Crippen LogP contribution is -2.31. The Morgan fingerprint density at radius 2 is 1.76 bits per heavy atom. The van der Waals surface area contributed by atoms with Gasteiger partial charge in [0.25, 0.3) is 5.91 Å². The maximum atomic E-state index is 12.2. The van der Waals surface area contributed by atoms with Crippen molar-refractivity contribution in [2.45, 2.75) is 18.2 Å². The smallest absolute Gasteiger partial charge is 0.269 e. The number of thioether (sulfide) groups is 1. The zero-order valence-electron chi connectivity index (χ0n) is 13.3. The molecule has 0 radical (unpaired) electrons. The fraction of sp³-hybridized carbons (Fsp3) is 0.158. The van der Waals surface area contributed by atoms with Crippen molar-refractivity contribution in [3.8, 4) is 11.5 Å². The van der Waals surface area contributed by atoms with Gasteiger partial charge in [-0.05, 0) is 42.8 Å². The lowest BCUT2D eigenvalue weighted by atomic mass is 10.3. The number of nitrogens with one attached hydrogen (secondary N) is 1. The van der Waals surface area contributed by atoms with Crippen molar-refractivity contribution in [2.24, 2.45) is 0 Å². The van der Waals surface area contributed by atoms with Crippen molar-refractivity contribution in [1.29, 1.82) is 0 Å². The lowest BCUT2D eigenvalue weighted by molar-refractivity contribution is -0.138. The van der Waals surface area contributed by atoms with E-state index in [4.69, 9.17) is 4.74 Å². The molecule has 4 rings (SSSR count). The zero-order chi connectivity index (χ0) is 17.2. The first kappa shape index (κ1) is 15.8. The summed E-state index contributed by atoms with van der Waals surface area (Å²) in [6.07, 6.45) is 2.87. The number of hydrogen-bond acceptors (Lipinski definition) is 5. The Bertz CT molecular complexity index is 834. The predicted molar refractivity (Wildman–Crippen MR) is 97.1 cm³/mol. The van der Waals surface area contributed by atoms with Gasteiger partial charge in [0.2, 0.25) is 5.91 Å². The monoisotopic (exact) mass is 352 g/mol. The fourth-order valence-corrected chi connectivity index (χ4v) is 3.99. The van der Waals surface area contributed by atoms with Crippen LogP contribution in [0.5, 0.6) is 11.5 Å². The van der Waals surface area contributed by atoms with Crippen molar-refractivity contribution in [3.05, 3.63) is 65.7 Å². The van der Waals surface area contributed by atoms with E-state index in [9.17, 15) is 9.59 Å². The van der Waals surface area contributed by atoms with Gasteiger partial charge in [-0.3, -0.25) is 14.5 Å². The quantitative estimate of drug-likeness (QED) is 0.667. The van der Waals surface area contributed by atoms with E-state index in [0.29, 0.717) is 11.3 Å². The first-order valence-corrected chi connectivity index (χ1v) is 8.91. The molecule has 0 saturated carbocycles. The fourth-order valence-electron chi connectivity index (χ4n) is 2.82. The first-order valence-electron chi connectivity index (χ1n) is 8.03. The second-order valence-electron chi connectivity index (χ2n) is 5.77. The molecule has 5 nitrogen and oxygen atoms in total. The number of imide groups is 1. The average molecular weight is 352 g/mol. The molecule has 0 spiro atoms. The third-order valence-electron chi connectivity index (χ3n) is 4.06. The SMILES string of the molecule is O=C1CC[C@H]2S/C(=C/Nc3ccc(Oc4ccccc4)cc3)C(=O)N12. The number of nitrogens with zero attached hydrogens (tertiary/aromatic N) is 1. The van der Waals surface area contributed by atoms with E-state index in [2.05, 4.69) is 5.32 Å². The van der Waals surface area contributed by atoms with Crippen molar-refractivity contribution < 1.29 is 14.3 Å². The van der Waals surface area contributed by atoms with Gasteiger partial charge in [-0.2, -0.15) is 0 Å². The molecular weight excluding hydrogens is 336 g/mol. The van der Waals surface area contributed by atoms with E-state index < -0.39 is 0 Å². The highest BCUT2D eigenvalue weighted by molar-refractivity contribution is 8.05. The summed E-state index contributed by atoms with van der Waals surface area (Å²) in [4.78, 5) is 25.9. The van der Waals surface area contributed by atoms with Gasteiger partial charge in [0, 0.05) is 18.3 Å².